The average Bonchev–Trinajstić information content (AvgIpc) is 3.60. The Hall–Kier alpha value is -4.84. The van der Waals surface area contributed by atoms with Gasteiger partial charge in [-0.05, 0) is 99.2 Å². The molecule has 0 saturated heterocycles. The van der Waals surface area contributed by atoms with Crippen LogP contribution < -0.4 is 30.6 Å². The van der Waals surface area contributed by atoms with E-state index >= 15 is 0 Å². The molecule has 6 rings (SSSR count). The van der Waals surface area contributed by atoms with Crippen molar-refractivity contribution in [1.29, 1.82) is 0 Å². The first-order valence-corrected chi connectivity index (χ1v) is 17.8. The van der Waals surface area contributed by atoms with Gasteiger partial charge in [0.15, 0.2) is 11.0 Å². The van der Waals surface area contributed by atoms with Gasteiger partial charge in [0, 0.05) is 14.1 Å². The number of aryl methyl sites for hydroxylation is 2. The topological polar surface area (TPSA) is 197 Å². The molecule has 19 heteroatoms. The predicted octanol–water partition coefficient (Wildman–Crippen LogP) is 3.77. The Balaban J connectivity index is 0.000000277. The van der Waals surface area contributed by atoms with Gasteiger partial charge in [-0.1, -0.05) is 19.0 Å². The summed E-state index contributed by atoms with van der Waals surface area (Å²) in [5.74, 6) is 1.49. The molecule has 2 aromatic heterocycles. The molecule has 4 heterocycles. The van der Waals surface area contributed by atoms with E-state index in [0.717, 1.165) is 22.3 Å². The van der Waals surface area contributed by atoms with Crippen LogP contribution in [-0.2, 0) is 28.4 Å². The van der Waals surface area contributed by atoms with Crippen molar-refractivity contribution in [3.05, 3.63) is 76.5 Å². The van der Waals surface area contributed by atoms with Gasteiger partial charge in [-0.25, -0.2) is 0 Å². The molecular formula is C37H49B2ClN6O10. The van der Waals surface area contributed by atoms with Crippen LogP contribution in [0.3, 0.4) is 0 Å². The number of carbonyl (C=O) groups is 2. The summed E-state index contributed by atoms with van der Waals surface area (Å²) in [7, 11) is 5.22. The maximum absolute atomic E-state index is 11.8. The maximum Gasteiger partial charge on any atom is 0.492 e. The number of esters is 2. The highest BCUT2D eigenvalue weighted by molar-refractivity contribution is 6.62. The Morgan fingerprint density at radius 3 is 1.62 bits per heavy atom. The summed E-state index contributed by atoms with van der Waals surface area (Å²) in [6.45, 7) is 7.83. The molecule has 0 spiro atoms. The molecule has 0 aliphatic carbocycles. The Morgan fingerprint density at radius 2 is 1.21 bits per heavy atom. The minimum Gasteiger partial charge on any atom is -0.466 e. The second kappa shape index (κ2) is 21.5. The molecule has 4 aromatic rings. The number of anilines is 1. The van der Waals surface area contributed by atoms with Gasteiger partial charge >= 0.3 is 26.2 Å². The molecule has 0 saturated carbocycles. The highest BCUT2D eigenvalue weighted by atomic mass is 35.5. The van der Waals surface area contributed by atoms with Crippen molar-refractivity contribution in [2.24, 2.45) is 0 Å². The summed E-state index contributed by atoms with van der Waals surface area (Å²) in [6, 6.07) is 6.95. The molecule has 2 aromatic carbocycles. The number of fused-ring (bicyclic) bond motifs is 2. The van der Waals surface area contributed by atoms with E-state index < -0.39 is 26.4 Å². The number of hydrogen-bond donors (Lipinski definition) is 3. The number of benzene rings is 2. The van der Waals surface area contributed by atoms with Crippen molar-refractivity contribution < 1.29 is 47.9 Å². The third-order valence-corrected chi connectivity index (χ3v) is 8.13. The van der Waals surface area contributed by atoms with Crippen LogP contribution in [0.1, 0.15) is 68.6 Å². The average molecular weight is 795 g/mol. The van der Waals surface area contributed by atoms with Crippen LogP contribution in [0.5, 0.6) is 23.3 Å². The highest BCUT2D eigenvalue weighted by Gasteiger charge is 2.39. The molecular weight excluding hydrogens is 746 g/mol. The zero-order chi connectivity index (χ0) is 40.2. The van der Waals surface area contributed by atoms with Crippen LogP contribution in [0.4, 0.5) is 5.82 Å². The lowest BCUT2D eigenvalue weighted by atomic mass is 9.77. The number of hydrogen-bond acceptors (Lipinski definition) is 16. The molecule has 300 valence electrons. The van der Waals surface area contributed by atoms with Crippen LogP contribution in [0, 0.1) is 13.8 Å². The Kier molecular flexibility index (Phi) is 17.5. The number of halogens is 1. The van der Waals surface area contributed by atoms with E-state index in [-0.39, 0.29) is 43.2 Å². The van der Waals surface area contributed by atoms with Crippen LogP contribution in [0.15, 0.2) is 49.1 Å². The van der Waals surface area contributed by atoms with Crippen LogP contribution in [-0.4, -0.2) is 97.6 Å². The molecule has 0 radical (unpaired) electrons. The molecule has 56 heavy (non-hydrogen) atoms. The SMILES string of the molecule is C.CCOC(=O)CC1OB(O)c2cc(Oc3cncc(Cl)n3)cc(C)c21.CCOC(=O)CC1OB(O)c2cc(Oc3cncc(N(C)C)n3)cc(C)c21.CNC. The Bertz CT molecular complexity index is 1950. The molecule has 2 aliphatic rings. The largest absolute Gasteiger partial charge is 0.492 e. The van der Waals surface area contributed by atoms with E-state index in [1.807, 2.05) is 53.0 Å². The first kappa shape index (κ1) is 45.5. The molecule has 2 unspecified atom stereocenters. The van der Waals surface area contributed by atoms with Crippen LogP contribution in [0.25, 0.3) is 0 Å². The zero-order valence-corrected chi connectivity index (χ0v) is 32.8. The zero-order valence-electron chi connectivity index (χ0n) is 32.0. The Labute approximate surface area is 333 Å². The van der Waals surface area contributed by atoms with Gasteiger partial charge in [-0.15, -0.1) is 0 Å². The van der Waals surface area contributed by atoms with E-state index in [4.69, 9.17) is 39.9 Å². The minimum atomic E-state index is -1.14. The fraction of sp³-hybridized carbons (Fsp3) is 0.405. The lowest BCUT2D eigenvalue weighted by Crippen LogP contribution is -2.28. The van der Waals surface area contributed by atoms with E-state index in [2.05, 4.69) is 25.3 Å². The van der Waals surface area contributed by atoms with E-state index in [1.165, 1.54) is 18.6 Å². The van der Waals surface area contributed by atoms with E-state index in [1.54, 1.807) is 38.2 Å². The summed E-state index contributed by atoms with van der Waals surface area (Å²) in [4.78, 5) is 41.8. The van der Waals surface area contributed by atoms with Gasteiger partial charge in [0.25, 0.3) is 0 Å². The van der Waals surface area contributed by atoms with Crippen molar-refractivity contribution in [3.63, 3.8) is 0 Å². The second-order valence-electron chi connectivity index (χ2n) is 12.5. The fourth-order valence-electron chi connectivity index (χ4n) is 5.85. The lowest BCUT2D eigenvalue weighted by Gasteiger charge is -2.15. The third kappa shape index (κ3) is 12.1. The molecule has 16 nitrogen and oxygen atoms in total. The van der Waals surface area contributed by atoms with Gasteiger partial charge in [0.05, 0.1) is 63.1 Å². The first-order chi connectivity index (χ1) is 26.3. The van der Waals surface area contributed by atoms with Crippen molar-refractivity contribution in [3.8, 4) is 23.3 Å². The quantitative estimate of drug-likeness (QED) is 0.146. The number of carbonyl (C=O) groups excluding carboxylic acids is 2. The summed E-state index contributed by atoms with van der Waals surface area (Å²) in [5.41, 5.74) is 4.37. The monoisotopic (exact) mass is 794 g/mol. The van der Waals surface area contributed by atoms with Crippen molar-refractivity contribution in [2.75, 3.05) is 46.3 Å². The van der Waals surface area contributed by atoms with Crippen molar-refractivity contribution in [2.45, 2.75) is 60.2 Å². The Morgan fingerprint density at radius 1 is 0.786 bits per heavy atom. The molecule has 0 fully saturated rings. The second-order valence-corrected chi connectivity index (χ2v) is 12.8. The number of aromatic nitrogens is 4. The number of rotatable bonds is 11. The summed E-state index contributed by atoms with van der Waals surface area (Å²) in [6.07, 6.45) is 4.99. The van der Waals surface area contributed by atoms with Gasteiger partial charge in [-0.2, -0.15) is 9.97 Å². The molecule has 0 bridgehead atoms. The van der Waals surface area contributed by atoms with Gasteiger partial charge in [-0.3, -0.25) is 19.6 Å². The maximum atomic E-state index is 11.8. The summed E-state index contributed by atoms with van der Waals surface area (Å²) < 4.78 is 32.5. The lowest BCUT2D eigenvalue weighted by molar-refractivity contribution is -0.146. The van der Waals surface area contributed by atoms with E-state index in [9.17, 15) is 19.6 Å². The molecule has 0 amide bonds. The highest BCUT2D eigenvalue weighted by Crippen LogP contribution is 2.34. The van der Waals surface area contributed by atoms with Crippen molar-refractivity contribution >= 4 is 54.5 Å². The molecule has 2 atom stereocenters. The smallest absolute Gasteiger partial charge is 0.466 e. The fourth-order valence-corrected chi connectivity index (χ4v) is 5.98. The minimum absolute atomic E-state index is 0. The normalized spacial score (nSPS) is 14.8. The van der Waals surface area contributed by atoms with Gasteiger partial charge in [0.2, 0.25) is 11.8 Å². The van der Waals surface area contributed by atoms with Crippen molar-refractivity contribution in [1.82, 2.24) is 25.3 Å². The summed E-state index contributed by atoms with van der Waals surface area (Å²) in [5, 5.41) is 23.4. The van der Waals surface area contributed by atoms with E-state index in [0.29, 0.717) is 47.3 Å². The van der Waals surface area contributed by atoms with Gasteiger partial charge in [0.1, 0.15) is 11.5 Å². The standard InChI is InChI=1S/C18H22BN3O5.C16H16BClN2O5.C2H7N.CH4/c1-5-25-17(23)8-14-18-11(2)6-12(7-13(18)19(24)27-14)26-16-10-20-9-15(21-16)22(3)4;1-3-23-15(21)6-12-16-9(2)4-10(5-11(16)17(22)25-12)24-14-8-19-7-13(18)20-14;1-3-2;/h6-7,9-10,14,24H,5,8H2,1-4H3;4-5,7-8,12,22H,3,6H2,1-2H3;3H,1-2H3;1H4. The number of nitrogens with zero attached hydrogens (tertiary/aromatic N) is 5. The summed E-state index contributed by atoms with van der Waals surface area (Å²) >= 11 is 5.80. The molecule has 3 N–H and O–H groups in total. The van der Waals surface area contributed by atoms with Crippen LogP contribution in [0.2, 0.25) is 5.15 Å². The number of ether oxygens (including phenoxy) is 4. The first-order valence-electron chi connectivity index (χ1n) is 17.5. The molecule has 2 aliphatic heterocycles. The van der Waals surface area contributed by atoms with Gasteiger partial charge < -0.3 is 48.5 Å². The predicted molar refractivity (Wildman–Crippen MR) is 213 cm³/mol. The van der Waals surface area contributed by atoms with Crippen LogP contribution >= 0.6 is 11.6 Å². The number of nitrogens with one attached hydrogen (secondary N) is 1. The third-order valence-electron chi connectivity index (χ3n) is 7.95.